The second kappa shape index (κ2) is 6.98. The molecule has 0 aromatic carbocycles. The van der Waals surface area contributed by atoms with Crippen molar-refractivity contribution in [2.45, 2.75) is 26.3 Å². The van der Waals surface area contributed by atoms with Crippen molar-refractivity contribution < 1.29 is 9.90 Å². The van der Waals surface area contributed by atoms with Gasteiger partial charge in [-0.2, -0.15) is 4.52 Å². The van der Waals surface area contributed by atoms with E-state index >= 15 is 0 Å². The Morgan fingerprint density at radius 2 is 2.12 bits per heavy atom. The molecule has 1 atom stereocenters. The van der Waals surface area contributed by atoms with Crippen LogP contribution >= 0.6 is 22.7 Å². The predicted molar refractivity (Wildman–Crippen MR) is 102 cm³/mol. The topological polar surface area (TPSA) is 74.0 Å². The molecule has 1 aliphatic rings. The maximum atomic E-state index is 11.6. The lowest BCUT2D eigenvalue weighted by atomic mass is 10.1. The molecule has 4 rings (SSSR count). The zero-order valence-electron chi connectivity index (χ0n) is 14.8. The molecule has 3 aromatic heterocycles. The van der Waals surface area contributed by atoms with Crippen LogP contribution in [0.3, 0.4) is 0 Å². The van der Waals surface area contributed by atoms with Gasteiger partial charge in [0.1, 0.15) is 0 Å². The van der Waals surface area contributed by atoms with Crippen molar-refractivity contribution >= 4 is 33.5 Å². The molecule has 0 aliphatic carbocycles. The Bertz CT molecular complexity index is 909. The molecule has 0 bridgehead atoms. The number of hydrogen-bond acceptors (Lipinski definition) is 7. The van der Waals surface area contributed by atoms with Crippen LogP contribution in [0.4, 0.5) is 0 Å². The van der Waals surface area contributed by atoms with Crippen LogP contribution in [-0.2, 0) is 11.2 Å². The molecule has 1 amide bonds. The fourth-order valence-electron chi connectivity index (χ4n) is 3.34. The first-order chi connectivity index (χ1) is 12.6. The molecule has 0 spiro atoms. The van der Waals surface area contributed by atoms with E-state index in [1.165, 1.54) is 16.2 Å². The standard InChI is InChI=1S/C17H21N5O2S2/c1-3-13-18-17-22(19-13)16(24)15(26-17)14(12-5-4-10-25-12)21-8-6-20(7-9-21)11(2)23/h4-5,10,14,24H,3,6-9H2,1-2H3/t14-/m1/s1. The van der Waals surface area contributed by atoms with Crippen molar-refractivity contribution in [2.75, 3.05) is 26.2 Å². The number of rotatable bonds is 4. The second-order valence-electron chi connectivity index (χ2n) is 6.33. The number of hydrogen-bond donors (Lipinski definition) is 1. The Hall–Kier alpha value is -1.97. The van der Waals surface area contributed by atoms with Crippen LogP contribution in [0.25, 0.3) is 4.96 Å². The number of fused-ring (bicyclic) bond motifs is 1. The van der Waals surface area contributed by atoms with Crippen molar-refractivity contribution in [1.82, 2.24) is 24.4 Å². The highest BCUT2D eigenvalue weighted by molar-refractivity contribution is 7.17. The van der Waals surface area contributed by atoms with Gasteiger partial charge in [-0.15, -0.1) is 16.4 Å². The average molecular weight is 392 g/mol. The second-order valence-corrected chi connectivity index (χ2v) is 8.31. The summed E-state index contributed by atoms with van der Waals surface area (Å²) >= 11 is 3.17. The van der Waals surface area contributed by atoms with Gasteiger partial charge in [0.05, 0.1) is 10.9 Å². The summed E-state index contributed by atoms with van der Waals surface area (Å²) in [6.45, 7) is 6.58. The molecule has 3 aromatic rings. The lowest BCUT2D eigenvalue weighted by molar-refractivity contribution is -0.130. The van der Waals surface area contributed by atoms with E-state index in [0.717, 1.165) is 35.2 Å². The van der Waals surface area contributed by atoms with Gasteiger partial charge in [0.15, 0.2) is 5.82 Å². The summed E-state index contributed by atoms with van der Waals surface area (Å²) < 4.78 is 1.55. The highest BCUT2D eigenvalue weighted by atomic mass is 32.1. The molecule has 1 saturated heterocycles. The Balaban J connectivity index is 1.70. The van der Waals surface area contributed by atoms with E-state index in [2.05, 4.69) is 26.4 Å². The van der Waals surface area contributed by atoms with Gasteiger partial charge >= 0.3 is 0 Å². The number of aromatic hydroxyl groups is 1. The number of piperazine rings is 1. The van der Waals surface area contributed by atoms with Crippen molar-refractivity contribution in [1.29, 1.82) is 0 Å². The van der Waals surface area contributed by atoms with E-state index in [1.54, 1.807) is 22.8 Å². The molecule has 0 radical (unpaired) electrons. The van der Waals surface area contributed by atoms with Crippen LogP contribution in [0.15, 0.2) is 17.5 Å². The molecule has 9 heteroatoms. The maximum absolute atomic E-state index is 11.6. The number of aromatic nitrogens is 3. The van der Waals surface area contributed by atoms with E-state index in [9.17, 15) is 9.90 Å². The van der Waals surface area contributed by atoms with Crippen molar-refractivity contribution in [3.8, 4) is 5.88 Å². The summed E-state index contributed by atoms with van der Waals surface area (Å²) in [5.74, 6) is 1.02. The van der Waals surface area contributed by atoms with Gasteiger partial charge in [0.25, 0.3) is 0 Å². The smallest absolute Gasteiger partial charge is 0.230 e. The Morgan fingerprint density at radius 1 is 1.35 bits per heavy atom. The Labute approximate surface area is 159 Å². The van der Waals surface area contributed by atoms with Crippen LogP contribution in [0, 0.1) is 0 Å². The molecule has 0 saturated carbocycles. The van der Waals surface area contributed by atoms with Crippen LogP contribution in [0.5, 0.6) is 5.88 Å². The Morgan fingerprint density at radius 3 is 2.69 bits per heavy atom. The summed E-state index contributed by atoms with van der Waals surface area (Å²) in [5, 5.41) is 17.3. The van der Waals surface area contributed by atoms with Crippen LogP contribution in [0.1, 0.15) is 35.5 Å². The van der Waals surface area contributed by atoms with Gasteiger partial charge in [-0.25, -0.2) is 4.98 Å². The minimum absolute atomic E-state index is 0.0392. The molecule has 1 aliphatic heterocycles. The minimum atomic E-state index is -0.0392. The summed E-state index contributed by atoms with van der Waals surface area (Å²) in [5.41, 5.74) is 0. The number of carbonyl (C=O) groups is 1. The molecule has 1 fully saturated rings. The fourth-order valence-corrected chi connectivity index (χ4v) is 5.40. The highest BCUT2D eigenvalue weighted by Gasteiger charge is 2.32. The third-order valence-corrected chi connectivity index (χ3v) is 6.74. The monoisotopic (exact) mass is 391 g/mol. The molecular weight excluding hydrogens is 370 g/mol. The summed E-state index contributed by atoms with van der Waals surface area (Å²) in [6, 6.07) is 4.09. The average Bonchev–Trinajstić information content (AvgIpc) is 3.35. The molecule has 4 heterocycles. The SMILES string of the molecule is CCc1nc2sc([C@@H](c3cccs3)N3CCN(C(C)=O)CC3)c(O)n2n1. The van der Waals surface area contributed by atoms with Gasteiger partial charge in [-0.3, -0.25) is 9.69 Å². The minimum Gasteiger partial charge on any atom is -0.492 e. The summed E-state index contributed by atoms with van der Waals surface area (Å²) in [7, 11) is 0. The van der Waals surface area contributed by atoms with Crippen LogP contribution in [-0.4, -0.2) is 61.6 Å². The number of amides is 1. The number of thiophene rings is 1. The molecule has 0 unspecified atom stereocenters. The van der Waals surface area contributed by atoms with Gasteiger partial charge < -0.3 is 10.0 Å². The van der Waals surface area contributed by atoms with E-state index in [-0.39, 0.29) is 17.8 Å². The largest absolute Gasteiger partial charge is 0.492 e. The number of nitrogens with zero attached hydrogens (tertiary/aromatic N) is 5. The lowest BCUT2D eigenvalue weighted by Crippen LogP contribution is -2.49. The molecule has 26 heavy (non-hydrogen) atoms. The zero-order chi connectivity index (χ0) is 18.3. The van der Waals surface area contributed by atoms with Crippen molar-refractivity contribution in [2.24, 2.45) is 0 Å². The third-order valence-electron chi connectivity index (χ3n) is 4.75. The maximum Gasteiger partial charge on any atom is 0.230 e. The summed E-state index contributed by atoms with van der Waals surface area (Å²) in [6.07, 6.45) is 0.741. The van der Waals surface area contributed by atoms with E-state index in [4.69, 9.17) is 0 Å². The van der Waals surface area contributed by atoms with Crippen LogP contribution in [0.2, 0.25) is 0 Å². The third kappa shape index (κ3) is 3.00. The van der Waals surface area contributed by atoms with E-state index in [0.29, 0.717) is 13.1 Å². The summed E-state index contributed by atoms with van der Waals surface area (Å²) in [4.78, 5) is 23.1. The lowest BCUT2D eigenvalue weighted by Gasteiger charge is -2.38. The first kappa shape index (κ1) is 17.4. The molecular formula is C17H21N5O2S2. The normalized spacial score (nSPS) is 17.1. The van der Waals surface area contributed by atoms with Gasteiger partial charge in [0, 0.05) is 44.4 Å². The Kier molecular flexibility index (Phi) is 4.68. The van der Waals surface area contributed by atoms with Crippen molar-refractivity contribution in [3.05, 3.63) is 33.1 Å². The fraction of sp³-hybridized carbons (Fsp3) is 0.471. The van der Waals surface area contributed by atoms with Gasteiger partial charge in [0.2, 0.25) is 16.7 Å². The van der Waals surface area contributed by atoms with E-state index in [1.807, 2.05) is 17.9 Å². The number of carbonyl (C=O) groups excluding carboxylic acids is 1. The van der Waals surface area contributed by atoms with Gasteiger partial charge in [-0.05, 0) is 11.4 Å². The first-order valence-electron chi connectivity index (χ1n) is 8.68. The zero-order valence-corrected chi connectivity index (χ0v) is 16.4. The number of aryl methyl sites for hydroxylation is 1. The van der Waals surface area contributed by atoms with Gasteiger partial charge in [-0.1, -0.05) is 24.3 Å². The quantitative estimate of drug-likeness (QED) is 0.739. The first-order valence-corrected chi connectivity index (χ1v) is 10.4. The predicted octanol–water partition coefficient (Wildman–Crippen LogP) is 2.37. The van der Waals surface area contributed by atoms with E-state index < -0.39 is 0 Å². The highest BCUT2D eigenvalue weighted by Crippen LogP contribution is 2.41. The number of thiazole rings is 1. The molecule has 138 valence electrons. The van der Waals surface area contributed by atoms with Crippen LogP contribution < -0.4 is 0 Å². The molecule has 1 N–H and O–H groups in total. The molecule has 7 nitrogen and oxygen atoms in total. The van der Waals surface area contributed by atoms with Crippen molar-refractivity contribution in [3.63, 3.8) is 0 Å².